The molecule has 0 radical (unpaired) electrons. The third-order valence-corrected chi connectivity index (χ3v) is 5.46. The maximum absolute atomic E-state index is 13.1. The SMILES string of the molecule is CC1CN(C#N)C(C)[C@@H]1NC(=O)c1cc(-c2ccncc2Oc2ccc(F)cc2)n[nH]1. The molecular weight excluding hydrogens is 399 g/mol. The van der Waals surface area contributed by atoms with Gasteiger partial charge in [-0.1, -0.05) is 6.92 Å². The Hall–Kier alpha value is -3.93. The van der Waals surface area contributed by atoms with Crippen LogP contribution in [-0.2, 0) is 0 Å². The van der Waals surface area contributed by atoms with Crippen LogP contribution in [0.3, 0.4) is 0 Å². The lowest BCUT2D eigenvalue weighted by atomic mass is 10.0. The molecule has 1 aliphatic heterocycles. The predicted octanol–water partition coefficient (Wildman–Crippen LogP) is 3.32. The average Bonchev–Trinajstić information content (AvgIpc) is 3.36. The Bertz CT molecular complexity index is 1120. The van der Waals surface area contributed by atoms with Crippen molar-refractivity contribution < 1.29 is 13.9 Å². The number of pyridine rings is 1. The van der Waals surface area contributed by atoms with Gasteiger partial charge in [0.05, 0.1) is 24.0 Å². The first kappa shape index (κ1) is 20.3. The minimum atomic E-state index is -0.356. The molecule has 1 fully saturated rings. The number of amides is 1. The minimum Gasteiger partial charge on any atom is -0.455 e. The molecule has 3 heterocycles. The summed E-state index contributed by atoms with van der Waals surface area (Å²) in [6.07, 6.45) is 5.29. The molecule has 8 nitrogen and oxygen atoms in total. The molecule has 2 aromatic heterocycles. The second-order valence-corrected chi connectivity index (χ2v) is 7.56. The third-order valence-electron chi connectivity index (χ3n) is 5.46. The fraction of sp³-hybridized carbons (Fsp3) is 0.273. The van der Waals surface area contributed by atoms with E-state index < -0.39 is 0 Å². The zero-order chi connectivity index (χ0) is 22.0. The summed E-state index contributed by atoms with van der Waals surface area (Å²) in [6, 6.07) is 8.78. The van der Waals surface area contributed by atoms with Crippen LogP contribution < -0.4 is 10.1 Å². The fourth-order valence-corrected chi connectivity index (χ4v) is 3.76. The maximum Gasteiger partial charge on any atom is 0.269 e. The number of carbonyl (C=O) groups excluding carboxylic acids is 1. The van der Waals surface area contributed by atoms with Gasteiger partial charge in [0.2, 0.25) is 0 Å². The van der Waals surface area contributed by atoms with Crippen molar-refractivity contribution >= 4 is 5.91 Å². The number of H-pyrrole nitrogens is 1. The molecule has 0 aliphatic carbocycles. The number of carbonyl (C=O) groups is 1. The van der Waals surface area contributed by atoms with Crippen LogP contribution in [0.5, 0.6) is 11.5 Å². The maximum atomic E-state index is 13.1. The highest BCUT2D eigenvalue weighted by Crippen LogP contribution is 2.32. The van der Waals surface area contributed by atoms with Crippen molar-refractivity contribution in [2.75, 3.05) is 6.54 Å². The van der Waals surface area contributed by atoms with Gasteiger partial charge in [-0.05, 0) is 49.2 Å². The Labute approximate surface area is 178 Å². The second kappa shape index (κ2) is 8.44. The van der Waals surface area contributed by atoms with Crippen molar-refractivity contribution in [3.63, 3.8) is 0 Å². The Morgan fingerprint density at radius 1 is 1.32 bits per heavy atom. The average molecular weight is 420 g/mol. The van der Waals surface area contributed by atoms with Crippen LogP contribution in [0.25, 0.3) is 11.3 Å². The van der Waals surface area contributed by atoms with Gasteiger partial charge in [-0.25, -0.2) is 4.39 Å². The lowest BCUT2D eigenvalue weighted by Crippen LogP contribution is -2.44. The highest BCUT2D eigenvalue weighted by molar-refractivity contribution is 5.93. The van der Waals surface area contributed by atoms with Crippen LogP contribution in [0.15, 0.2) is 48.8 Å². The molecule has 3 atom stereocenters. The second-order valence-electron chi connectivity index (χ2n) is 7.56. The van der Waals surface area contributed by atoms with Gasteiger partial charge in [-0.2, -0.15) is 10.4 Å². The number of hydrogen-bond acceptors (Lipinski definition) is 6. The van der Waals surface area contributed by atoms with Crippen molar-refractivity contribution in [3.8, 4) is 28.9 Å². The molecule has 1 aromatic carbocycles. The molecule has 1 aliphatic rings. The summed E-state index contributed by atoms with van der Waals surface area (Å²) < 4.78 is 19.0. The topological polar surface area (TPSA) is 107 Å². The first-order valence-corrected chi connectivity index (χ1v) is 9.86. The molecule has 158 valence electrons. The number of nitrogens with zero attached hydrogens (tertiary/aromatic N) is 4. The number of benzene rings is 1. The van der Waals surface area contributed by atoms with Crippen LogP contribution in [0.4, 0.5) is 4.39 Å². The van der Waals surface area contributed by atoms with E-state index in [0.29, 0.717) is 35.0 Å². The first-order valence-electron chi connectivity index (χ1n) is 9.86. The molecule has 3 aromatic rings. The minimum absolute atomic E-state index is 0.0812. The quantitative estimate of drug-likeness (QED) is 0.613. The third kappa shape index (κ3) is 4.19. The summed E-state index contributed by atoms with van der Waals surface area (Å²) in [5.41, 5.74) is 1.44. The Kier molecular flexibility index (Phi) is 5.54. The summed E-state index contributed by atoms with van der Waals surface area (Å²) in [5, 5.41) is 19.2. The van der Waals surface area contributed by atoms with Crippen molar-refractivity contribution in [2.24, 2.45) is 5.92 Å². The van der Waals surface area contributed by atoms with Gasteiger partial charge in [0.25, 0.3) is 5.91 Å². The molecular formula is C22H21FN6O2. The molecule has 2 unspecified atom stereocenters. The standard InChI is InChI=1S/C22H21FN6O2/c1-13-11-29(12-24)14(2)21(13)26-22(30)19-9-18(27-28-19)17-7-8-25-10-20(17)31-16-5-3-15(23)4-6-16/h3-10,13-14,21H,11H2,1-2H3,(H,26,30)(H,27,28)/t13?,14?,21-/m1/s1. The van der Waals surface area contributed by atoms with Gasteiger partial charge in [0, 0.05) is 18.3 Å². The van der Waals surface area contributed by atoms with Gasteiger partial charge >= 0.3 is 0 Å². The van der Waals surface area contributed by atoms with E-state index in [0.717, 1.165) is 0 Å². The summed E-state index contributed by atoms with van der Waals surface area (Å²) >= 11 is 0. The van der Waals surface area contributed by atoms with E-state index in [-0.39, 0.29) is 29.7 Å². The van der Waals surface area contributed by atoms with E-state index in [1.807, 2.05) is 13.8 Å². The molecule has 1 saturated heterocycles. The number of likely N-dealkylation sites (tertiary alicyclic amines) is 1. The molecule has 0 saturated carbocycles. The molecule has 4 rings (SSSR count). The summed E-state index contributed by atoms with van der Waals surface area (Å²) in [7, 11) is 0. The van der Waals surface area contributed by atoms with Crippen molar-refractivity contribution in [2.45, 2.75) is 25.9 Å². The number of aromatic amines is 1. The monoisotopic (exact) mass is 420 g/mol. The highest BCUT2D eigenvalue weighted by atomic mass is 19.1. The summed E-state index contributed by atoms with van der Waals surface area (Å²) in [6.45, 7) is 4.54. The van der Waals surface area contributed by atoms with E-state index in [9.17, 15) is 14.4 Å². The van der Waals surface area contributed by atoms with E-state index in [2.05, 4.69) is 26.7 Å². The smallest absolute Gasteiger partial charge is 0.269 e. The molecule has 9 heteroatoms. The van der Waals surface area contributed by atoms with Crippen LogP contribution in [0.1, 0.15) is 24.3 Å². The number of ether oxygens (including phenoxy) is 1. The zero-order valence-electron chi connectivity index (χ0n) is 17.0. The molecule has 2 N–H and O–H groups in total. The van der Waals surface area contributed by atoms with E-state index in [1.165, 1.54) is 30.5 Å². The first-order chi connectivity index (χ1) is 15.0. The van der Waals surface area contributed by atoms with Crippen LogP contribution in [0.2, 0.25) is 0 Å². The van der Waals surface area contributed by atoms with Gasteiger partial charge in [0.1, 0.15) is 17.3 Å². The highest BCUT2D eigenvalue weighted by Gasteiger charge is 2.37. The fourth-order valence-electron chi connectivity index (χ4n) is 3.76. The number of rotatable bonds is 5. The Balaban J connectivity index is 1.52. The largest absolute Gasteiger partial charge is 0.455 e. The number of nitriles is 1. The lowest BCUT2D eigenvalue weighted by Gasteiger charge is -2.21. The number of aromatic nitrogens is 3. The van der Waals surface area contributed by atoms with Crippen LogP contribution in [-0.4, -0.2) is 44.6 Å². The number of hydrogen-bond donors (Lipinski definition) is 2. The summed E-state index contributed by atoms with van der Waals surface area (Å²) in [4.78, 5) is 18.5. The molecule has 31 heavy (non-hydrogen) atoms. The molecule has 0 bridgehead atoms. The van der Waals surface area contributed by atoms with Crippen LogP contribution >= 0.6 is 0 Å². The molecule has 1 amide bonds. The van der Waals surface area contributed by atoms with Crippen molar-refractivity contribution in [3.05, 3.63) is 60.3 Å². The van der Waals surface area contributed by atoms with Gasteiger partial charge in [-0.3, -0.25) is 14.9 Å². The lowest BCUT2D eigenvalue weighted by molar-refractivity contribution is 0.0918. The zero-order valence-corrected chi connectivity index (χ0v) is 17.0. The van der Waals surface area contributed by atoms with Gasteiger partial charge in [0.15, 0.2) is 11.9 Å². The van der Waals surface area contributed by atoms with E-state index in [4.69, 9.17) is 4.74 Å². The van der Waals surface area contributed by atoms with Crippen molar-refractivity contribution in [1.29, 1.82) is 5.26 Å². The predicted molar refractivity (Wildman–Crippen MR) is 110 cm³/mol. The van der Waals surface area contributed by atoms with Crippen LogP contribution in [0, 0.1) is 23.2 Å². The number of nitrogens with one attached hydrogen (secondary N) is 2. The Morgan fingerprint density at radius 2 is 2.10 bits per heavy atom. The normalized spacial score (nSPS) is 20.3. The van der Waals surface area contributed by atoms with E-state index in [1.54, 1.807) is 23.2 Å². The van der Waals surface area contributed by atoms with Crippen molar-refractivity contribution in [1.82, 2.24) is 25.4 Å². The van der Waals surface area contributed by atoms with E-state index >= 15 is 0 Å². The van der Waals surface area contributed by atoms with Gasteiger partial charge in [-0.15, -0.1) is 0 Å². The van der Waals surface area contributed by atoms with Gasteiger partial charge < -0.3 is 15.0 Å². The summed E-state index contributed by atoms with van der Waals surface area (Å²) in [5.74, 6) is 0.380. The molecule has 0 spiro atoms. The Morgan fingerprint density at radius 3 is 2.81 bits per heavy atom. The number of halogens is 1.